The number of para-hydroxylation sites is 2. The summed E-state index contributed by atoms with van der Waals surface area (Å²) in [7, 11) is -3.28. The van der Waals surface area contributed by atoms with Crippen molar-refractivity contribution in [1.29, 1.82) is 0 Å². The molecule has 8 nitrogen and oxygen atoms in total. The molecule has 0 aromatic heterocycles. The lowest BCUT2D eigenvalue weighted by molar-refractivity contribution is -0.385. The van der Waals surface area contributed by atoms with Crippen LogP contribution in [0.15, 0.2) is 48.5 Å². The number of amides is 1. The smallest absolute Gasteiger partial charge is 0.310 e. The maximum Gasteiger partial charge on any atom is 0.310 e. The second kappa shape index (κ2) is 8.56. The second-order valence-corrected chi connectivity index (χ2v) is 8.91. The molecule has 1 amide bonds. The number of hydrogen-bond acceptors (Lipinski definition) is 6. The lowest BCUT2D eigenvalue weighted by Crippen LogP contribution is -2.43. The van der Waals surface area contributed by atoms with E-state index in [2.05, 4.69) is 0 Å². The average molecular weight is 422 g/mol. The fraction of sp³-hybridized carbons (Fsp3) is 0.316. The van der Waals surface area contributed by atoms with Crippen molar-refractivity contribution in [3.63, 3.8) is 0 Å². The highest BCUT2D eigenvalue weighted by Crippen LogP contribution is 2.26. The Kier molecular flexibility index (Phi) is 6.12. The van der Waals surface area contributed by atoms with E-state index in [0.717, 1.165) is 0 Å². The highest BCUT2D eigenvalue weighted by atomic mass is 32.2. The molecule has 10 heteroatoms. The molecular formula is C19H19FN2O6S. The van der Waals surface area contributed by atoms with Crippen LogP contribution in [0, 0.1) is 15.9 Å². The van der Waals surface area contributed by atoms with E-state index in [1.54, 1.807) is 6.07 Å². The topological polar surface area (TPSA) is 107 Å². The molecule has 1 fully saturated rings. The molecular weight excluding hydrogens is 403 g/mol. The number of ether oxygens (including phenoxy) is 1. The Bertz CT molecular complexity index is 1030. The standard InChI is InChI=1S/C19H19FN2O6S/c20-16-6-2-1-5-14(16)11-21(15-9-10-29(26,27)13-15)19(23)12-28-18-8-4-3-7-17(18)22(24)25/h1-8,15H,9-13H2/t15-/m1/s1. The summed E-state index contributed by atoms with van der Waals surface area (Å²) in [5.41, 5.74) is -0.0414. The number of nitrogens with zero attached hydrogens (tertiary/aromatic N) is 2. The minimum absolute atomic E-state index is 0.0519. The number of hydrogen-bond donors (Lipinski definition) is 0. The average Bonchev–Trinajstić information content (AvgIpc) is 3.05. The van der Waals surface area contributed by atoms with Crippen molar-refractivity contribution < 1.29 is 27.3 Å². The fourth-order valence-corrected chi connectivity index (χ4v) is 4.94. The molecule has 2 aromatic carbocycles. The summed E-state index contributed by atoms with van der Waals surface area (Å²) in [6.07, 6.45) is 0.244. The number of halogens is 1. The predicted molar refractivity (Wildman–Crippen MR) is 103 cm³/mol. The van der Waals surface area contributed by atoms with Gasteiger partial charge in [0.2, 0.25) is 0 Å². The van der Waals surface area contributed by atoms with Crippen LogP contribution >= 0.6 is 0 Å². The number of nitro benzene ring substituents is 1. The highest BCUT2D eigenvalue weighted by molar-refractivity contribution is 7.91. The first-order valence-corrected chi connectivity index (χ1v) is 10.7. The third-order valence-corrected chi connectivity index (χ3v) is 6.43. The summed E-state index contributed by atoms with van der Waals surface area (Å²) in [5.74, 6) is -1.42. The molecule has 0 saturated carbocycles. The molecule has 1 heterocycles. The fourth-order valence-electron chi connectivity index (χ4n) is 3.20. The quantitative estimate of drug-likeness (QED) is 0.501. The molecule has 154 valence electrons. The third kappa shape index (κ3) is 5.08. The normalized spacial score (nSPS) is 17.6. The van der Waals surface area contributed by atoms with E-state index in [1.807, 2.05) is 0 Å². The maximum absolute atomic E-state index is 14.1. The molecule has 29 heavy (non-hydrogen) atoms. The Hall–Kier alpha value is -3.01. The molecule has 2 aromatic rings. The molecule has 0 spiro atoms. The van der Waals surface area contributed by atoms with Crippen LogP contribution in [0.3, 0.4) is 0 Å². The minimum Gasteiger partial charge on any atom is -0.477 e. The molecule has 1 atom stereocenters. The number of carbonyl (C=O) groups is 1. The van der Waals surface area contributed by atoms with Gasteiger partial charge in [-0.3, -0.25) is 14.9 Å². The van der Waals surface area contributed by atoms with Gasteiger partial charge >= 0.3 is 5.69 Å². The van der Waals surface area contributed by atoms with Crippen LogP contribution in [0.4, 0.5) is 10.1 Å². The van der Waals surface area contributed by atoms with E-state index >= 15 is 0 Å². The Labute approximate surface area is 167 Å². The molecule has 3 rings (SSSR count). The first-order chi connectivity index (χ1) is 13.8. The van der Waals surface area contributed by atoms with Gasteiger partial charge in [0.15, 0.2) is 22.2 Å². The van der Waals surface area contributed by atoms with Crippen LogP contribution in [-0.2, 0) is 21.2 Å². The van der Waals surface area contributed by atoms with Gasteiger partial charge in [0.25, 0.3) is 5.91 Å². The van der Waals surface area contributed by atoms with Gasteiger partial charge in [-0.25, -0.2) is 12.8 Å². The lowest BCUT2D eigenvalue weighted by Gasteiger charge is -2.28. The molecule has 1 saturated heterocycles. The minimum atomic E-state index is -3.28. The number of nitro groups is 1. The van der Waals surface area contributed by atoms with Crippen LogP contribution in [-0.4, -0.2) is 48.3 Å². The SMILES string of the molecule is O=C(COc1ccccc1[N+](=O)[O-])N(Cc1ccccc1F)[C@@H]1CCS(=O)(=O)C1. The summed E-state index contributed by atoms with van der Waals surface area (Å²) in [5, 5.41) is 11.1. The van der Waals surface area contributed by atoms with E-state index in [9.17, 15) is 27.7 Å². The Morgan fingerprint density at radius 2 is 1.90 bits per heavy atom. The van der Waals surface area contributed by atoms with Crippen molar-refractivity contribution in [2.24, 2.45) is 0 Å². The summed E-state index contributed by atoms with van der Waals surface area (Å²) in [6.45, 7) is -0.651. The number of sulfone groups is 1. The first kappa shape index (κ1) is 20.7. The van der Waals surface area contributed by atoms with E-state index in [-0.39, 0.29) is 41.5 Å². The molecule has 0 N–H and O–H groups in total. The van der Waals surface area contributed by atoms with Crippen molar-refractivity contribution in [2.75, 3.05) is 18.1 Å². The third-order valence-electron chi connectivity index (χ3n) is 4.68. The van der Waals surface area contributed by atoms with Crippen LogP contribution in [0.2, 0.25) is 0 Å². The predicted octanol–water partition coefficient (Wildman–Crippen LogP) is 2.33. The van der Waals surface area contributed by atoms with E-state index in [1.165, 1.54) is 47.4 Å². The Balaban J connectivity index is 1.79. The van der Waals surface area contributed by atoms with Crippen LogP contribution in [0.1, 0.15) is 12.0 Å². The van der Waals surface area contributed by atoms with E-state index < -0.39 is 39.1 Å². The van der Waals surface area contributed by atoms with Crippen molar-refractivity contribution in [1.82, 2.24) is 4.90 Å². The van der Waals surface area contributed by atoms with Gasteiger partial charge in [-0.2, -0.15) is 0 Å². The number of carbonyl (C=O) groups excluding carboxylic acids is 1. The number of rotatable bonds is 7. The summed E-state index contributed by atoms with van der Waals surface area (Å²) in [6, 6.07) is 10.9. The van der Waals surface area contributed by atoms with Gasteiger partial charge in [-0.05, 0) is 18.6 Å². The van der Waals surface area contributed by atoms with Crippen molar-refractivity contribution in [2.45, 2.75) is 19.0 Å². The largest absolute Gasteiger partial charge is 0.477 e. The molecule has 1 aliphatic rings. The molecule has 0 radical (unpaired) electrons. The van der Waals surface area contributed by atoms with Gasteiger partial charge in [0, 0.05) is 24.2 Å². The maximum atomic E-state index is 14.1. The molecule has 1 aliphatic heterocycles. The number of benzene rings is 2. The summed E-state index contributed by atoms with van der Waals surface area (Å²) in [4.78, 5) is 24.6. The summed E-state index contributed by atoms with van der Waals surface area (Å²) >= 11 is 0. The van der Waals surface area contributed by atoms with Gasteiger partial charge in [-0.15, -0.1) is 0 Å². The van der Waals surface area contributed by atoms with Crippen LogP contribution in [0.25, 0.3) is 0 Å². The first-order valence-electron chi connectivity index (χ1n) is 8.86. The van der Waals surface area contributed by atoms with Crippen LogP contribution in [0.5, 0.6) is 5.75 Å². The molecule has 0 bridgehead atoms. The van der Waals surface area contributed by atoms with Gasteiger partial charge in [0.1, 0.15) is 5.82 Å². The zero-order chi connectivity index (χ0) is 21.0. The van der Waals surface area contributed by atoms with Gasteiger partial charge < -0.3 is 9.64 Å². The lowest BCUT2D eigenvalue weighted by atomic mass is 10.1. The second-order valence-electron chi connectivity index (χ2n) is 6.68. The van der Waals surface area contributed by atoms with Crippen molar-refractivity contribution in [3.8, 4) is 5.75 Å². The Morgan fingerprint density at radius 3 is 2.55 bits per heavy atom. The molecule has 0 aliphatic carbocycles. The zero-order valence-electron chi connectivity index (χ0n) is 15.4. The monoisotopic (exact) mass is 422 g/mol. The van der Waals surface area contributed by atoms with Crippen molar-refractivity contribution >= 4 is 21.4 Å². The van der Waals surface area contributed by atoms with E-state index in [0.29, 0.717) is 0 Å². The Morgan fingerprint density at radius 1 is 1.21 bits per heavy atom. The van der Waals surface area contributed by atoms with Crippen molar-refractivity contribution in [3.05, 3.63) is 70.0 Å². The summed E-state index contributed by atoms with van der Waals surface area (Å²) < 4.78 is 43.2. The zero-order valence-corrected chi connectivity index (χ0v) is 16.2. The van der Waals surface area contributed by atoms with Gasteiger partial charge in [-0.1, -0.05) is 30.3 Å². The van der Waals surface area contributed by atoms with E-state index in [4.69, 9.17) is 4.74 Å². The molecule has 0 unspecified atom stereocenters. The van der Waals surface area contributed by atoms with Crippen LogP contribution < -0.4 is 4.74 Å². The van der Waals surface area contributed by atoms with Gasteiger partial charge in [0.05, 0.1) is 16.4 Å². The highest BCUT2D eigenvalue weighted by Gasteiger charge is 2.35.